The van der Waals surface area contributed by atoms with Gasteiger partial charge in [-0.1, -0.05) is 51.0 Å². The Bertz CT molecular complexity index is 339. The van der Waals surface area contributed by atoms with E-state index in [1.54, 1.807) is 7.11 Å². The van der Waals surface area contributed by atoms with Gasteiger partial charge in [-0.2, -0.15) is 0 Å². The summed E-state index contributed by atoms with van der Waals surface area (Å²) in [4.78, 5) is 0. The van der Waals surface area contributed by atoms with Gasteiger partial charge in [0.25, 0.3) is 0 Å². The van der Waals surface area contributed by atoms with Crippen LogP contribution in [0.3, 0.4) is 0 Å². The Balaban J connectivity index is 3.00. The molecule has 0 spiro atoms. The van der Waals surface area contributed by atoms with Crippen molar-refractivity contribution in [3.8, 4) is 5.75 Å². The number of unbranched alkanes of at least 4 members (excludes halogenated alkanes) is 1. The number of para-hydroxylation sites is 1. The molecule has 0 aliphatic rings. The van der Waals surface area contributed by atoms with Crippen LogP contribution in [0.5, 0.6) is 5.75 Å². The van der Waals surface area contributed by atoms with Gasteiger partial charge < -0.3 is 4.74 Å². The van der Waals surface area contributed by atoms with E-state index in [0.717, 1.165) is 18.6 Å². The fraction of sp³-hybridized carbons (Fsp3) is 0.467. The number of allylic oxidation sites excluding steroid dienone is 2. The Morgan fingerprint density at radius 1 is 1.19 bits per heavy atom. The van der Waals surface area contributed by atoms with Crippen LogP contribution < -0.4 is 4.74 Å². The normalized spacial score (nSPS) is 11.6. The van der Waals surface area contributed by atoms with Gasteiger partial charge in [0.2, 0.25) is 0 Å². The molecule has 88 valence electrons. The highest BCUT2D eigenvalue weighted by Crippen LogP contribution is 2.29. The number of rotatable bonds is 6. The van der Waals surface area contributed by atoms with Gasteiger partial charge in [0.05, 0.1) is 7.11 Å². The molecule has 0 saturated carbocycles. The van der Waals surface area contributed by atoms with Crippen molar-refractivity contribution in [2.24, 2.45) is 0 Å². The van der Waals surface area contributed by atoms with Crippen LogP contribution in [0.2, 0.25) is 0 Å². The molecule has 0 aliphatic heterocycles. The molecule has 1 aromatic rings. The zero-order valence-electron chi connectivity index (χ0n) is 10.6. The van der Waals surface area contributed by atoms with Crippen molar-refractivity contribution in [3.63, 3.8) is 0 Å². The molecule has 0 aromatic heterocycles. The molecule has 0 atom stereocenters. The lowest BCUT2D eigenvalue weighted by atomic mass is 9.99. The zero-order valence-corrected chi connectivity index (χ0v) is 10.6. The molecule has 1 aromatic carbocycles. The third-order valence-electron chi connectivity index (χ3n) is 2.65. The first-order valence-corrected chi connectivity index (χ1v) is 6.15. The predicted molar refractivity (Wildman–Crippen MR) is 70.8 cm³/mol. The van der Waals surface area contributed by atoms with Gasteiger partial charge in [-0.15, -0.1) is 0 Å². The smallest absolute Gasteiger partial charge is 0.126 e. The van der Waals surface area contributed by atoms with E-state index < -0.39 is 0 Å². The SMILES string of the molecule is CCC/C=C(\CCC)c1ccccc1OC. The summed E-state index contributed by atoms with van der Waals surface area (Å²) in [5, 5.41) is 0. The van der Waals surface area contributed by atoms with Gasteiger partial charge in [-0.3, -0.25) is 0 Å². The standard InChI is InChI=1S/C15H22O/c1-4-6-10-13(9-5-2)14-11-7-8-12-15(14)16-3/h7-8,10-12H,4-6,9H2,1-3H3/b13-10+. The van der Waals surface area contributed by atoms with Gasteiger partial charge in [-0.25, -0.2) is 0 Å². The minimum atomic E-state index is 0.985. The molecule has 1 rings (SSSR count). The maximum Gasteiger partial charge on any atom is 0.126 e. The second-order valence-electron chi connectivity index (χ2n) is 3.97. The topological polar surface area (TPSA) is 9.23 Å². The van der Waals surface area contributed by atoms with Crippen LogP contribution >= 0.6 is 0 Å². The van der Waals surface area contributed by atoms with E-state index in [2.05, 4.69) is 32.1 Å². The fourth-order valence-corrected chi connectivity index (χ4v) is 1.84. The summed E-state index contributed by atoms with van der Waals surface area (Å²) >= 11 is 0. The monoisotopic (exact) mass is 218 g/mol. The Morgan fingerprint density at radius 3 is 2.56 bits per heavy atom. The zero-order chi connectivity index (χ0) is 11.8. The predicted octanol–water partition coefficient (Wildman–Crippen LogP) is 4.68. The van der Waals surface area contributed by atoms with Crippen molar-refractivity contribution in [2.45, 2.75) is 39.5 Å². The molecule has 0 bridgehead atoms. The summed E-state index contributed by atoms with van der Waals surface area (Å²) in [7, 11) is 1.74. The van der Waals surface area contributed by atoms with Crippen LogP contribution in [0.1, 0.15) is 45.1 Å². The maximum absolute atomic E-state index is 5.41. The molecule has 0 N–H and O–H groups in total. The summed E-state index contributed by atoms with van der Waals surface area (Å²) in [6.07, 6.45) is 6.99. The van der Waals surface area contributed by atoms with Crippen molar-refractivity contribution in [2.75, 3.05) is 7.11 Å². The first kappa shape index (κ1) is 12.8. The molecular formula is C15H22O. The summed E-state index contributed by atoms with van der Waals surface area (Å²) in [5.41, 5.74) is 2.67. The van der Waals surface area contributed by atoms with Gasteiger partial charge in [0.15, 0.2) is 0 Å². The molecule has 0 amide bonds. The number of methoxy groups -OCH3 is 1. The third kappa shape index (κ3) is 3.41. The number of hydrogen-bond acceptors (Lipinski definition) is 1. The van der Waals surface area contributed by atoms with E-state index in [-0.39, 0.29) is 0 Å². The van der Waals surface area contributed by atoms with Gasteiger partial charge >= 0.3 is 0 Å². The van der Waals surface area contributed by atoms with Crippen molar-refractivity contribution in [3.05, 3.63) is 35.9 Å². The van der Waals surface area contributed by atoms with E-state index in [9.17, 15) is 0 Å². The van der Waals surface area contributed by atoms with E-state index in [0.29, 0.717) is 0 Å². The third-order valence-corrected chi connectivity index (χ3v) is 2.65. The highest BCUT2D eigenvalue weighted by Gasteiger charge is 2.06. The largest absolute Gasteiger partial charge is 0.496 e. The highest BCUT2D eigenvalue weighted by atomic mass is 16.5. The molecule has 0 fully saturated rings. The van der Waals surface area contributed by atoms with Crippen LogP contribution in [0, 0.1) is 0 Å². The first-order valence-electron chi connectivity index (χ1n) is 6.15. The van der Waals surface area contributed by atoms with Gasteiger partial charge in [-0.05, 0) is 24.5 Å². The van der Waals surface area contributed by atoms with Crippen molar-refractivity contribution >= 4 is 5.57 Å². The Labute approximate surface area is 99.1 Å². The van der Waals surface area contributed by atoms with E-state index in [4.69, 9.17) is 4.74 Å². The highest BCUT2D eigenvalue weighted by molar-refractivity contribution is 5.70. The Kier molecular flexibility index (Phi) is 5.69. The average molecular weight is 218 g/mol. The fourth-order valence-electron chi connectivity index (χ4n) is 1.84. The maximum atomic E-state index is 5.41. The molecule has 0 radical (unpaired) electrons. The average Bonchev–Trinajstić information content (AvgIpc) is 2.34. The van der Waals surface area contributed by atoms with E-state index in [1.165, 1.54) is 24.0 Å². The molecule has 1 heteroatoms. The van der Waals surface area contributed by atoms with Crippen LogP contribution in [-0.4, -0.2) is 7.11 Å². The lowest BCUT2D eigenvalue weighted by molar-refractivity contribution is 0.413. The molecule has 0 unspecified atom stereocenters. The van der Waals surface area contributed by atoms with Gasteiger partial charge in [0, 0.05) is 5.56 Å². The second kappa shape index (κ2) is 7.10. The van der Waals surface area contributed by atoms with Crippen LogP contribution in [-0.2, 0) is 0 Å². The van der Waals surface area contributed by atoms with Crippen molar-refractivity contribution < 1.29 is 4.74 Å². The Morgan fingerprint density at radius 2 is 1.94 bits per heavy atom. The number of benzene rings is 1. The second-order valence-corrected chi connectivity index (χ2v) is 3.97. The van der Waals surface area contributed by atoms with Crippen LogP contribution in [0.4, 0.5) is 0 Å². The molecule has 16 heavy (non-hydrogen) atoms. The first-order chi connectivity index (χ1) is 7.83. The summed E-state index contributed by atoms with van der Waals surface area (Å²) in [5.74, 6) is 0.985. The van der Waals surface area contributed by atoms with Crippen LogP contribution in [0.25, 0.3) is 5.57 Å². The summed E-state index contributed by atoms with van der Waals surface area (Å²) in [6.45, 7) is 4.43. The minimum absolute atomic E-state index is 0.985. The molecule has 0 saturated heterocycles. The van der Waals surface area contributed by atoms with Gasteiger partial charge in [0.1, 0.15) is 5.75 Å². The molecule has 1 nitrogen and oxygen atoms in total. The van der Waals surface area contributed by atoms with Crippen molar-refractivity contribution in [1.82, 2.24) is 0 Å². The number of ether oxygens (including phenoxy) is 1. The molecular weight excluding hydrogens is 196 g/mol. The van der Waals surface area contributed by atoms with Crippen molar-refractivity contribution in [1.29, 1.82) is 0 Å². The van der Waals surface area contributed by atoms with E-state index >= 15 is 0 Å². The molecule has 0 heterocycles. The Hall–Kier alpha value is -1.24. The van der Waals surface area contributed by atoms with E-state index in [1.807, 2.05) is 12.1 Å². The summed E-state index contributed by atoms with van der Waals surface area (Å²) < 4.78 is 5.41. The summed E-state index contributed by atoms with van der Waals surface area (Å²) in [6, 6.07) is 8.28. The quantitative estimate of drug-likeness (QED) is 0.673. The lowest BCUT2D eigenvalue weighted by Gasteiger charge is -2.11. The number of hydrogen-bond donors (Lipinski definition) is 0. The lowest BCUT2D eigenvalue weighted by Crippen LogP contribution is -1.91. The minimum Gasteiger partial charge on any atom is -0.496 e. The van der Waals surface area contributed by atoms with Crippen LogP contribution in [0.15, 0.2) is 30.3 Å². The molecule has 0 aliphatic carbocycles.